The van der Waals surface area contributed by atoms with Crippen molar-refractivity contribution >= 4 is 5.78 Å². The molecule has 0 spiro atoms. The summed E-state index contributed by atoms with van der Waals surface area (Å²) in [6, 6.07) is 0. The van der Waals surface area contributed by atoms with Crippen molar-refractivity contribution in [2.75, 3.05) is 6.61 Å². The number of halogens is 2. The van der Waals surface area contributed by atoms with Crippen LogP contribution in [0, 0.1) is 11.8 Å². The Kier molecular flexibility index (Phi) is 11.3. The minimum absolute atomic E-state index is 0.263. The van der Waals surface area contributed by atoms with E-state index < -0.39 is 17.6 Å². The topological polar surface area (TPSA) is 26.3 Å². The van der Waals surface area contributed by atoms with E-state index in [4.69, 9.17) is 4.74 Å². The number of ether oxygens (including phenoxy) is 1. The number of unbranched alkanes of at least 4 members (excludes halogenated alkanes) is 6. The highest BCUT2D eigenvalue weighted by Crippen LogP contribution is 2.38. The van der Waals surface area contributed by atoms with Crippen LogP contribution < -0.4 is 0 Å². The lowest BCUT2D eigenvalue weighted by Crippen LogP contribution is -2.50. The first-order chi connectivity index (χ1) is 14.5. The minimum Gasteiger partial charge on any atom is -0.359 e. The Morgan fingerprint density at radius 2 is 1.63 bits per heavy atom. The third-order valence-corrected chi connectivity index (χ3v) is 6.90. The quantitative estimate of drug-likeness (QED) is 0.266. The van der Waals surface area contributed by atoms with Crippen molar-refractivity contribution in [1.82, 2.24) is 0 Å². The molecule has 2 rings (SSSR count). The van der Waals surface area contributed by atoms with Gasteiger partial charge in [-0.25, -0.2) is 8.78 Å². The summed E-state index contributed by atoms with van der Waals surface area (Å²) in [7, 11) is 0. The van der Waals surface area contributed by atoms with Crippen molar-refractivity contribution in [3.05, 3.63) is 24.1 Å². The number of rotatable bonds is 14. The smallest absolute Gasteiger partial charge is 0.191 e. The van der Waals surface area contributed by atoms with Gasteiger partial charge in [-0.05, 0) is 43.3 Å². The van der Waals surface area contributed by atoms with E-state index >= 15 is 0 Å². The Balaban J connectivity index is 1.89. The summed E-state index contributed by atoms with van der Waals surface area (Å²) in [5.74, 6) is -0.174. The first-order valence-corrected chi connectivity index (χ1v) is 12.4. The largest absolute Gasteiger partial charge is 0.359 e. The molecule has 0 N–H and O–H groups in total. The predicted molar refractivity (Wildman–Crippen MR) is 120 cm³/mol. The van der Waals surface area contributed by atoms with E-state index in [1.54, 1.807) is 0 Å². The van der Waals surface area contributed by atoms with E-state index in [1.807, 2.05) is 0 Å². The first-order valence-electron chi connectivity index (χ1n) is 12.4. The lowest BCUT2D eigenvalue weighted by atomic mass is 9.75. The molecule has 0 bridgehead atoms. The summed E-state index contributed by atoms with van der Waals surface area (Å²) in [4.78, 5) is 13.2. The van der Waals surface area contributed by atoms with Crippen molar-refractivity contribution in [2.45, 2.75) is 116 Å². The Hall–Kier alpha value is -1.03. The molecule has 0 saturated heterocycles. The maximum Gasteiger partial charge on any atom is 0.191 e. The van der Waals surface area contributed by atoms with E-state index in [-0.39, 0.29) is 18.1 Å². The summed E-state index contributed by atoms with van der Waals surface area (Å²) in [5.41, 5.74) is -1.78. The maximum absolute atomic E-state index is 14.9. The molecule has 1 fully saturated rings. The molecule has 0 heterocycles. The molecule has 2 aliphatic carbocycles. The molecule has 172 valence electrons. The molecule has 2 atom stereocenters. The van der Waals surface area contributed by atoms with Gasteiger partial charge in [0.1, 0.15) is 5.83 Å². The molecular formula is C26H42F2O2. The highest BCUT2D eigenvalue weighted by Gasteiger charge is 2.49. The molecule has 0 aromatic carbocycles. The summed E-state index contributed by atoms with van der Waals surface area (Å²) in [5, 5.41) is 0. The third-order valence-electron chi connectivity index (χ3n) is 6.90. The van der Waals surface area contributed by atoms with Crippen molar-refractivity contribution in [3.8, 4) is 0 Å². The Labute approximate surface area is 182 Å². The Morgan fingerprint density at radius 1 is 1.00 bits per heavy atom. The standard InChI is InChI=1S/C26H42F2O2/c1-3-5-7-8-9-10-19-30-26(18-11-13-23(27)25(26)28)24(29)20-22-16-14-21(15-17-22)12-6-4-2/h11,13,18,21-22,25H,3-10,12,14-17,19-20H2,1-2H3. The predicted octanol–water partition coefficient (Wildman–Crippen LogP) is 7.82. The lowest BCUT2D eigenvalue weighted by Gasteiger charge is -2.36. The van der Waals surface area contributed by atoms with E-state index in [9.17, 15) is 13.6 Å². The Morgan fingerprint density at radius 3 is 2.33 bits per heavy atom. The van der Waals surface area contributed by atoms with Crippen molar-refractivity contribution in [2.24, 2.45) is 11.8 Å². The second-order valence-electron chi connectivity index (χ2n) is 9.34. The van der Waals surface area contributed by atoms with Gasteiger partial charge in [0.05, 0.1) is 0 Å². The van der Waals surface area contributed by atoms with Crippen LogP contribution in [0.25, 0.3) is 0 Å². The summed E-state index contributed by atoms with van der Waals surface area (Å²) < 4.78 is 34.9. The van der Waals surface area contributed by atoms with Crippen LogP contribution in [0.4, 0.5) is 8.78 Å². The van der Waals surface area contributed by atoms with Gasteiger partial charge in [-0.1, -0.05) is 84.1 Å². The normalized spacial score (nSPS) is 29.1. The molecule has 2 nitrogen and oxygen atoms in total. The molecule has 0 aliphatic heterocycles. The molecule has 2 aliphatic rings. The highest BCUT2D eigenvalue weighted by molar-refractivity contribution is 5.91. The molecule has 30 heavy (non-hydrogen) atoms. The van der Waals surface area contributed by atoms with Gasteiger partial charge < -0.3 is 4.74 Å². The molecule has 0 aromatic heterocycles. The SMILES string of the molecule is CCCCCCCCOC1(C(=O)CC2CCC(CCCC)CC2)C=CC=C(F)C1F. The van der Waals surface area contributed by atoms with E-state index in [0.717, 1.165) is 56.9 Å². The molecule has 2 unspecified atom stereocenters. The van der Waals surface area contributed by atoms with E-state index in [0.29, 0.717) is 6.61 Å². The molecular weight excluding hydrogens is 382 g/mol. The minimum atomic E-state index is -2.03. The maximum atomic E-state index is 14.9. The zero-order chi connectivity index (χ0) is 21.8. The van der Waals surface area contributed by atoms with Crippen LogP contribution in [-0.2, 0) is 9.53 Å². The summed E-state index contributed by atoms with van der Waals surface area (Å²) in [6.07, 6.45) is 16.8. The Bertz CT molecular complexity index is 563. The first kappa shape index (κ1) is 25.2. The van der Waals surface area contributed by atoms with Crippen LogP contribution in [0.2, 0.25) is 0 Å². The fourth-order valence-electron chi connectivity index (χ4n) is 4.86. The number of hydrogen-bond acceptors (Lipinski definition) is 2. The fraction of sp³-hybridized carbons (Fsp3) is 0.808. The van der Waals surface area contributed by atoms with Crippen molar-refractivity contribution < 1.29 is 18.3 Å². The van der Waals surface area contributed by atoms with Gasteiger partial charge in [-0.3, -0.25) is 4.79 Å². The lowest BCUT2D eigenvalue weighted by molar-refractivity contribution is -0.147. The van der Waals surface area contributed by atoms with Crippen LogP contribution in [0.5, 0.6) is 0 Å². The number of Topliss-reactive ketones (excluding diaryl/α,β-unsaturated/α-hetero) is 1. The third kappa shape index (κ3) is 7.28. The highest BCUT2D eigenvalue weighted by atomic mass is 19.2. The van der Waals surface area contributed by atoms with Crippen LogP contribution >= 0.6 is 0 Å². The molecule has 0 aromatic rings. The van der Waals surface area contributed by atoms with Crippen LogP contribution in [0.15, 0.2) is 24.1 Å². The zero-order valence-corrected chi connectivity index (χ0v) is 19.1. The summed E-state index contributed by atoms with van der Waals surface area (Å²) >= 11 is 0. The fourth-order valence-corrected chi connectivity index (χ4v) is 4.86. The van der Waals surface area contributed by atoms with Crippen molar-refractivity contribution in [3.63, 3.8) is 0 Å². The van der Waals surface area contributed by atoms with Crippen LogP contribution in [-0.4, -0.2) is 24.2 Å². The second-order valence-corrected chi connectivity index (χ2v) is 9.34. The molecule has 1 saturated carbocycles. The van der Waals surface area contributed by atoms with E-state index in [1.165, 1.54) is 50.7 Å². The van der Waals surface area contributed by atoms with Gasteiger partial charge in [-0.15, -0.1) is 0 Å². The monoisotopic (exact) mass is 424 g/mol. The number of ketones is 1. The molecule has 0 amide bonds. The molecule has 4 heteroatoms. The van der Waals surface area contributed by atoms with E-state index in [2.05, 4.69) is 13.8 Å². The van der Waals surface area contributed by atoms with Gasteiger partial charge in [0.15, 0.2) is 17.6 Å². The van der Waals surface area contributed by atoms with Crippen molar-refractivity contribution in [1.29, 1.82) is 0 Å². The van der Waals surface area contributed by atoms with Gasteiger partial charge in [0.25, 0.3) is 0 Å². The van der Waals surface area contributed by atoms with Gasteiger partial charge >= 0.3 is 0 Å². The summed E-state index contributed by atoms with van der Waals surface area (Å²) in [6.45, 7) is 4.68. The number of alkyl halides is 1. The van der Waals surface area contributed by atoms with Gasteiger partial charge in [0.2, 0.25) is 0 Å². The number of allylic oxidation sites excluding steroid dienone is 2. The number of hydrogen-bond donors (Lipinski definition) is 0. The van der Waals surface area contributed by atoms with Crippen LogP contribution in [0.1, 0.15) is 104 Å². The number of carbonyl (C=O) groups excluding carboxylic acids is 1. The average Bonchev–Trinajstić information content (AvgIpc) is 2.75. The average molecular weight is 425 g/mol. The second kappa shape index (κ2) is 13.4. The van der Waals surface area contributed by atoms with Crippen LogP contribution in [0.3, 0.4) is 0 Å². The van der Waals surface area contributed by atoms with Gasteiger partial charge in [0, 0.05) is 13.0 Å². The van der Waals surface area contributed by atoms with Gasteiger partial charge in [-0.2, -0.15) is 0 Å². The molecule has 0 radical (unpaired) electrons. The zero-order valence-electron chi connectivity index (χ0n) is 19.1. The number of carbonyl (C=O) groups is 1.